The van der Waals surface area contributed by atoms with Crippen LogP contribution < -0.4 is 10.1 Å². The molecule has 0 spiro atoms. The van der Waals surface area contributed by atoms with Crippen molar-refractivity contribution in [3.8, 4) is 16.2 Å². The van der Waals surface area contributed by atoms with E-state index in [0.29, 0.717) is 6.04 Å². The molecule has 0 aliphatic heterocycles. The van der Waals surface area contributed by atoms with Gasteiger partial charge in [0.2, 0.25) is 0 Å². The van der Waals surface area contributed by atoms with E-state index < -0.39 is 0 Å². The molecule has 0 radical (unpaired) electrons. The zero-order chi connectivity index (χ0) is 15.2. The largest absolute Gasteiger partial charge is 0.497 e. The summed E-state index contributed by atoms with van der Waals surface area (Å²) in [6.07, 6.45) is 2.32. The fourth-order valence-electron chi connectivity index (χ4n) is 2.39. The third-order valence-corrected chi connectivity index (χ3v) is 5.00. The van der Waals surface area contributed by atoms with E-state index in [1.54, 1.807) is 18.4 Å². The number of thiophene rings is 1. The number of hydrogen-bond donors (Lipinski definition) is 1. The van der Waals surface area contributed by atoms with E-state index in [0.717, 1.165) is 29.3 Å². The highest BCUT2D eigenvalue weighted by Gasteiger charge is 2.14. The SMILES string of the molecule is CCCC(NCC)c1ccc(-c2cc(OC)ccc2Cl)s1. The Morgan fingerprint density at radius 1 is 1.24 bits per heavy atom. The predicted molar refractivity (Wildman–Crippen MR) is 92.6 cm³/mol. The molecule has 1 aromatic carbocycles. The maximum Gasteiger partial charge on any atom is 0.119 e. The van der Waals surface area contributed by atoms with Crippen LogP contribution in [0.25, 0.3) is 10.4 Å². The van der Waals surface area contributed by atoms with E-state index in [9.17, 15) is 0 Å². The first-order chi connectivity index (χ1) is 10.2. The minimum Gasteiger partial charge on any atom is -0.497 e. The topological polar surface area (TPSA) is 21.3 Å². The van der Waals surface area contributed by atoms with E-state index in [-0.39, 0.29) is 0 Å². The first kappa shape index (κ1) is 16.3. The third kappa shape index (κ3) is 4.00. The minimum absolute atomic E-state index is 0.433. The van der Waals surface area contributed by atoms with E-state index in [1.807, 2.05) is 18.2 Å². The van der Waals surface area contributed by atoms with Crippen molar-refractivity contribution in [2.75, 3.05) is 13.7 Å². The molecule has 2 rings (SSSR count). The highest BCUT2D eigenvalue weighted by molar-refractivity contribution is 7.15. The standard InChI is InChI=1S/C17H22ClNOS/c1-4-6-15(19-5-2)17-10-9-16(21-17)13-11-12(20-3)7-8-14(13)18/h7-11,15,19H,4-6H2,1-3H3. The van der Waals surface area contributed by atoms with Crippen molar-refractivity contribution < 1.29 is 4.74 Å². The molecule has 2 nitrogen and oxygen atoms in total. The van der Waals surface area contributed by atoms with Crippen LogP contribution in [0.4, 0.5) is 0 Å². The normalized spacial score (nSPS) is 12.4. The first-order valence-electron chi connectivity index (χ1n) is 7.36. The van der Waals surface area contributed by atoms with Gasteiger partial charge in [-0.15, -0.1) is 11.3 Å². The lowest BCUT2D eigenvalue weighted by atomic mass is 10.1. The Kier molecular flexibility index (Phi) is 6.09. The summed E-state index contributed by atoms with van der Waals surface area (Å²) in [5.41, 5.74) is 1.04. The highest BCUT2D eigenvalue weighted by Crippen LogP contribution is 2.38. The van der Waals surface area contributed by atoms with E-state index >= 15 is 0 Å². The summed E-state index contributed by atoms with van der Waals surface area (Å²) >= 11 is 8.14. The molecule has 1 unspecified atom stereocenters. The van der Waals surface area contributed by atoms with Crippen molar-refractivity contribution in [3.63, 3.8) is 0 Å². The van der Waals surface area contributed by atoms with Crippen LogP contribution in [0.5, 0.6) is 5.75 Å². The number of rotatable bonds is 7. The van der Waals surface area contributed by atoms with Gasteiger partial charge in [0.15, 0.2) is 0 Å². The van der Waals surface area contributed by atoms with Crippen LogP contribution in [0.3, 0.4) is 0 Å². The molecule has 0 fully saturated rings. The number of halogens is 1. The molecule has 0 aliphatic rings. The van der Waals surface area contributed by atoms with Crippen molar-refractivity contribution in [2.45, 2.75) is 32.7 Å². The molecular formula is C17H22ClNOS. The van der Waals surface area contributed by atoms with Crippen molar-refractivity contribution >= 4 is 22.9 Å². The van der Waals surface area contributed by atoms with Gasteiger partial charge in [0.25, 0.3) is 0 Å². The molecule has 0 amide bonds. The summed E-state index contributed by atoms with van der Waals surface area (Å²) in [7, 11) is 1.68. The summed E-state index contributed by atoms with van der Waals surface area (Å²) in [4.78, 5) is 2.56. The van der Waals surface area contributed by atoms with Gasteiger partial charge in [0, 0.05) is 26.4 Å². The second kappa shape index (κ2) is 7.83. The molecular weight excluding hydrogens is 302 g/mol. The number of nitrogens with one attached hydrogen (secondary N) is 1. The first-order valence-corrected chi connectivity index (χ1v) is 8.56. The zero-order valence-corrected chi connectivity index (χ0v) is 14.4. The number of benzene rings is 1. The van der Waals surface area contributed by atoms with E-state index in [4.69, 9.17) is 16.3 Å². The maximum absolute atomic E-state index is 6.33. The van der Waals surface area contributed by atoms with Crippen LogP contribution in [-0.4, -0.2) is 13.7 Å². The second-order valence-corrected chi connectivity index (χ2v) is 6.47. The zero-order valence-electron chi connectivity index (χ0n) is 12.8. The fourth-order valence-corrected chi connectivity index (χ4v) is 3.81. The van der Waals surface area contributed by atoms with Gasteiger partial charge in [-0.05, 0) is 43.3 Å². The highest BCUT2D eigenvalue weighted by atomic mass is 35.5. The van der Waals surface area contributed by atoms with Crippen molar-refractivity contribution in [3.05, 3.63) is 40.2 Å². The molecule has 114 valence electrons. The van der Waals surface area contributed by atoms with Crippen molar-refractivity contribution in [2.24, 2.45) is 0 Å². The average molecular weight is 324 g/mol. The van der Waals surface area contributed by atoms with Crippen LogP contribution in [0.15, 0.2) is 30.3 Å². The number of methoxy groups -OCH3 is 1. The molecule has 21 heavy (non-hydrogen) atoms. The number of ether oxygens (including phenoxy) is 1. The van der Waals surface area contributed by atoms with Crippen LogP contribution in [0, 0.1) is 0 Å². The molecule has 0 saturated carbocycles. The van der Waals surface area contributed by atoms with Gasteiger partial charge in [-0.25, -0.2) is 0 Å². The molecule has 1 aromatic heterocycles. The Balaban J connectivity index is 2.30. The van der Waals surface area contributed by atoms with Crippen LogP contribution in [0.1, 0.15) is 37.6 Å². The predicted octanol–water partition coefficient (Wildman–Crippen LogP) is 5.53. The van der Waals surface area contributed by atoms with Gasteiger partial charge in [0.05, 0.1) is 7.11 Å². The molecule has 1 N–H and O–H groups in total. The second-order valence-electron chi connectivity index (χ2n) is 4.95. The summed E-state index contributed by atoms with van der Waals surface area (Å²) in [6.45, 7) is 5.35. The smallest absolute Gasteiger partial charge is 0.119 e. The third-order valence-electron chi connectivity index (χ3n) is 3.44. The van der Waals surface area contributed by atoms with Gasteiger partial charge in [-0.2, -0.15) is 0 Å². The van der Waals surface area contributed by atoms with Crippen molar-refractivity contribution in [1.29, 1.82) is 0 Å². The Morgan fingerprint density at radius 3 is 2.71 bits per heavy atom. The molecule has 2 aromatic rings. The Bertz CT molecular complexity index is 576. The molecule has 1 heterocycles. The Labute approximate surface area is 136 Å². The Hall–Kier alpha value is -1.03. The van der Waals surface area contributed by atoms with Gasteiger partial charge >= 0.3 is 0 Å². The molecule has 4 heteroatoms. The summed E-state index contributed by atoms with van der Waals surface area (Å²) in [5.74, 6) is 0.834. The van der Waals surface area contributed by atoms with Crippen LogP contribution >= 0.6 is 22.9 Å². The van der Waals surface area contributed by atoms with Gasteiger partial charge in [0.1, 0.15) is 5.75 Å². The average Bonchev–Trinajstić information content (AvgIpc) is 2.97. The van der Waals surface area contributed by atoms with E-state index in [2.05, 4.69) is 31.3 Å². The molecule has 0 bridgehead atoms. The number of hydrogen-bond acceptors (Lipinski definition) is 3. The molecule has 0 saturated heterocycles. The molecule has 1 atom stereocenters. The van der Waals surface area contributed by atoms with Gasteiger partial charge < -0.3 is 10.1 Å². The molecule has 0 aliphatic carbocycles. The van der Waals surface area contributed by atoms with E-state index in [1.165, 1.54) is 16.2 Å². The minimum atomic E-state index is 0.433. The Morgan fingerprint density at radius 2 is 2.05 bits per heavy atom. The lowest BCUT2D eigenvalue weighted by Crippen LogP contribution is -2.19. The monoisotopic (exact) mass is 323 g/mol. The van der Waals surface area contributed by atoms with Crippen molar-refractivity contribution in [1.82, 2.24) is 5.32 Å². The van der Waals surface area contributed by atoms with Crippen LogP contribution in [0.2, 0.25) is 5.02 Å². The lowest BCUT2D eigenvalue weighted by molar-refractivity contribution is 0.415. The fraction of sp³-hybridized carbons (Fsp3) is 0.412. The summed E-state index contributed by atoms with van der Waals surface area (Å²) < 4.78 is 5.30. The van der Waals surface area contributed by atoms with Crippen LogP contribution in [-0.2, 0) is 0 Å². The van der Waals surface area contributed by atoms with Gasteiger partial charge in [-0.1, -0.05) is 31.9 Å². The quantitative estimate of drug-likeness (QED) is 0.723. The summed E-state index contributed by atoms with van der Waals surface area (Å²) in [6, 6.07) is 10.6. The lowest BCUT2D eigenvalue weighted by Gasteiger charge is -2.15. The summed E-state index contributed by atoms with van der Waals surface area (Å²) in [5, 5.41) is 4.32. The van der Waals surface area contributed by atoms with Gasteiger partial charge in [-0.3, -0.25) is 0 Å². The maximum atomic E-state index is 6.33.